The lowest BCUT2D eigenvalue weighted by atomic mass is 10.1. The van der Waals surface area contributed by atoms with Crippen LogP contribution in [0.2, 0.25) is 0 Å². The number of benzene rings is 1. The third-order valence-electron chi connectivity index (χ3n) is 3.09. The van der Waals surface area contributed by atoms with Gasteiger partial charge in [0.05, 0.1) is 6.54 Å². The fourth-order valence-corrected chi connectivity index (χ4v) is 2.30. The number of aliphatic imine (C=N–C) groups is 1. The Morgan fingerprint density at radius 3 is 2.38 bits per heavy atom. The minimum Gasteiger partial charge on any atom is -0.370 e. The number of aromatic nitrogens is 2. The van der Waals surface area contributed by atoms with Crippen molar-refractivity contribution in [1.82, 2.24) is 9.78 Å². The minimum atomic E-state index is -4.51. The fourth-order valence-electron chi connectivity index (χ4n) is 2.30. The summed E-state index contributed by atoms with van der Waals surface area (Å²) in [6.07, 6.45) is -3.22. The summed E-state index contributed by atoms with van der Waals surface area (Å²) in [6, 6.07) is 5.75. The monoisotopic (exact) mass is 453 g/mol. The van der Waals surface area contributed by atoms with Gasteiger partial charge in [-0.25, -0.2) is 4.99 Å². The number of aryl methyl sites for hydroxylation is 3. The molecule has 3 N–H and O–H groups in total. The number of alkyl halides is 3. The van der Waals surface area contributed by atoms with Crippen LogP contribution in [0.4, 0.5) is 18.9 Å². The van der Waals surface area contributed by atoms with E-state index < -0.39 is 11.9 Å². The lowest BCUT2D eigenvalue weighted by Crippen LogP contribution is -2.23. The predicted octanol–water partition coefficient (Wildman–Crippen LogP) is 3.60. The Hall–Kier alpha value is -1.78. The van der Waals surface area contributed by atoms with Gasteiger partial charge in [-0.1, -0.05) is 6.07 Å². The minimum absolute atomic E-state index is 0. The Kier molecular flexibility index (Phi) is 6.64. The van der Waals surface area contributed by atoms with Crippen molar-refractivity contribution in [1.29, 1.82) is 0 Å². The van der Waals surface area contributed by atoms with Crippen molar-refractivity contribution >= 4 is 35.6 Å². The van der Waals surface area contributed by atoms with E-state index in [1.807, 2.05) is 32.0 Å². The average Bonchev–Trinajstić information content (AvgIpc) is 2.76. The van der Waals surface area contributed by atoms with Crippen LogP contribution in [0.5, 0.6) is 0 Å². The van der Waals surface area contributed by atoms with Crippen LogP contribution < -0.4 is 11.1 Å². The molecule has 0 aliphatic heterocycles. The molecule has 5 nitrogen and oxygen atoms in total. The van der Waals surface area contributed by atoms with Crippen LogP contribution >= 0.6 is 24.0 Å². The molecule has 0 bridgehead atoms. The zero-order chi connectivity index (χ0) is 17.2. The molecule has 0 aliphatic carbocycles. The zero-order valence-corrected chi connectivity index (χ0v) is 15.8. The first kappa shape index (κ1) is 20.3. The van der Waals surface area contributed by atoms with Crippen LogP contribution in [0.3, 0.4) is 0 Å². The van der Waals surface area contributed by atoms with E-state index in [9.17, 15) is 13.2 Å². The molecule has 0 saturated carbocycles. The molecule has 0 saturated heterocycles. The van der Waals surface area contributed by atoms with Gasteiger partial charge in [-0.3, -0.25) is 4.68 Å². The number of nitrogens with two attached hydrogens (primary N) is 1. The van der Waals surface area contributed by atoms with Gasteiger partial charge < -0.3 is 11.1 Å². The normalized spacial score (nSPS) is 12.0. The number of hydrogen-bond donors (Lipinski definition) is 2. The first-order valence-electron chi connectivity index (χ1n) is 6.90. The summed E-state index contributed by atoms with van der Waals surface area (Å²) in [5.74, 6) is 0.0481. The molecular weight excluding hydrogens is 434 g/mol. The van der Waals surface area contributed by atoms with Gasteiger partial charge in [0, 0.05) is 24.5 Å². The molecule has 0 fully saturated rings. The number of hydrogen-bond acceptors (Lipinski definition) is 2. The summed E-state index contributed by atoms with van der Waals surface area (Å²) in [4.78, 5) is 3.97. The number of halogens is 4. The topological polar surface area (TPSA) is 68.2 Å². The molecule has 0 aliphatic rings. The highest BCUT2D eigenvalue weighted by atomic mass is 127. The molecule has 2 aromatic rings. The van der Waals surface area contributed by atoms with E-state index in [1.165, 1.54) is 13.2 Å². The van der Waals surface area contributed by atoms with E-state index >= 15 is 0 Å². The molecule has 1 aromatic heterocycles. The molecule has 1 heterocycles. The van der Waals surface area contributed by atoms with Crippen molar-refractivity contribution in [2.45, 2.75) is 26.6 Å². The van der Waals surface area contributed by atoms with E-state index in [-0.39, 0.29) is 42.0 Å². The zero-order valence-electron chi connectivity index (χ0n) is 13.5. The van der Waals surface area contributed by atoms with Crippen LogP contribution in [0.25, 0.3) is 0 Å². The van der Waals surface area contributed by atoms with Crippen LogP contribution in [0, 0.1) is 13.8 Å². The van der Waals surface area contributed by atoms with E-state index in [0.717, 1.165) is 21.5 Å². The molecule has 0 amide bonds. The molecule has 0 spiro atoms. The number of guanidine groups is 1. The first-order chi connectivity index (χ1) is 10.6. The summed E-state index contributed by atoms with van der Waals surface area (Å²) in [5.41, 5.74) is 7.62. The summed E-state index contributed by atoms with van der Waals surface area (Å²) in [6.45, 7) is 3.68. The van der Waals surface area contributed by atoms with E-state index in [1.54, 1.807) is 0 Å². The Bertz CT molecular complexity index is 717. The summed E-state index contributed by atoms with van der Waals surface area (Å²) < 4.78 is 39.7. The van der Waals surface area contributed by atoms with Crippen molar-refractivity contribution in [2.75, 3.05) is 5.32 Å². The van der Waals surface area contributed by atoms with E-state index in [4.69, 9.17) is 5.73 Å². The van der Waals surface area contributed by atoms with E-state index in [2.05, 4.69) is 15.4 Å². The highest BCUT2D eigenvalue weighted by Crippen LogP contribution is 2.30. The maximum Gasteiger partial charge on any atom is 0.435 e. The summed E-state index contributed by atoms with van der Waals surface area (Å²) in [7, 11) is 1.43. The number of rotatable bonds is 3. The lowest BCUT2D eigenvalue weighted by molar-refractivity contribution is -0.142. The van der Waals surface area contributed by atoms with Gasteiger partial charge in [0.2, 0.25) is 0 Å². The lowest BCUT2D eigenvalue weighted by Gasteiger charge is -2.08. The molecular formula is C15H19F3IN5. The van der Waals surface area contributed by atoms with Gasteiger partial charge in [0.25, 0.3) is 0 Å². The van der Waals surface area contributed by atoms with Gasteiger partial charge in [-0.2, -0.15) is 18.3 Å². The largest absolute Gasteiger partial charge is 0.435 e. The third-order valence-corrected chi connectivity index (χ3v) is 3.09. The van der Waals surface area contributed by atoms with Crippen molar-refractivity contribution < 1.29 is 13.2 Å². The second-order valence-electron chi connectivity index (χ2n) is 5.38. The maximum absolute atomic E-state index is 12.9. The summed E-state index contributed by atoms with van der Waals surface area (Å²) >= 11 is 0. The van der Waals surface area contributed by atoms with Gasteiger partial charge >= 0.3 is 6.18 Å². The maximum atomic E-state index is 12.9. The molecule has 0 unspecified atom stereocenters. The number of nitrogens with one attached hydrogen (secondary N) is 1. The van der Waals surface area contributed by atoms with Gasteiger partial charge in [0.15, 0.2) is 11.7 Å². The summed E-state index contributed by atoms with van der Waals surface area (Å²) in [5, 5.41) is 6.31. The van der Waals surface area contributed by atoms with E-state index in [0.29, 0.717) is 0 Å². The molecule has 9 heteroatoms. The second kappa shape index (κ2) is 7.86. The third kappa shape index (κ3) is 5.39. The molecule has 132 valence electrons. The van der Waals surface area contributed by atoms with Crippen LogP contribution in [-0.2, 0) is 19.8 Å². The van der Waals surface area contributed by atoms with Gasteiger partial charge in [-0.05, 0) is 37.1 Å². The standard InChI is InChI=1S/C15H18F3N5.HI/c1-9-4-10(2)6-12(5-9)21-14(19)20-7-11-8-23(3)22-13(11)15(16,17)18;/h4-6,8H,7H2,1-3H3,(H3,19,20,21);1H. The smallest absolute Gasteiger partial charge is 0.370 e. The van der Waals surface area contributed by atoms with Crippen LogP contribution in [0.1, 0.15) is 22.4 Å². The number of anilines is 1. The van der Waals surface area contributed by atoms with Crippen molar-refractivity contribution in [2.24, 2.45) is 17.8 Å². The number of nitrogens with zero attached hydrogens (tertiary/aromatic N) is 3. The Morgan fingerprint density at radius 1 is 1.25 bits per heavy atom. The van der Waals surface area contributed by atoms with Crippen molar-refractivity contribution in [3.8, 4) is 0 Å². The van der Waals surface area contributed by atoms with Crippen molar-refractivity contribution in [3.63, 3.8) is 0 Å². The highest BCUT2D eigenvalue weighted by molar-refractivity contribution is 14.0. The Labute approximate surface area is 155 Å². The molecule has 1 aromatic carbocycles. The van der Waals surface area contributed by atoms with Crippen LogP contribution in [0.15, 0.2) is 29.4 Å². The molecule has 0 atom stereocenters. The quantitative estimate of drug-likeness (QED) is 0.424. The molecule has 24 heavy (non-hydrogen) atoms. The second-order valence-corrected chi connectivity index (χ2v) is 5.38. The van der Waals surface area contributed by atoms with Gasteiger partial charge in [0.1, 0.15) is 0 Å². The van der Waals surface area contributed by atoms with Gasteiger partial charge in [-0.15, -0.1) is 24.0 Å². The predicted molar refractivity (Wildman–Crippen MR) is 98.5 cm³/mol. The Balaban J connectivity index is 0.00000288. The SMILES string of the molecule is Cc1cc(C)cc(NC(N)=NCc2cn(C)nc2C(F)(F)F)c1.I. The van der Waals surface area contributed by atoms with Crippen molar-refractivity contribution in [3.05, 3.63) is 46.8 Å². The highest BCUT2D eigenvalue weighted by Gasteiger charge is 2.36. The Morgan fingerprint density at radius 2 is 1.83 bits per heavy atom. The molecule has 0 radical (unpaired) electrons. The average molecular weight is 453 g/mol. The molecule has 2 rings (SSSR count). The van der Waals surface area contributed by atoms with Crippen LogP contribution in [-0.4, -0.2) is 15.7 Å². The fraction of sp³-hybridized carbons (Fsp3) is 0.333. The first-order valence-corrected chi connectivity index (χ1v) is 6.90.